The number of rotatable bonds is 9. The van der Waals surface area contributed by atoms with Crippen LogP contribution >= 0.6 is 0 Å². The van der Waals surface area contributed by atoms with Crippen LogP contribution < -0.4 is 20.5 Å². The molecule has 0 fully saturated rings. The van der Waals surface area contributed by atoms with Crippen molar-refractivity contribution >= 4 is 11.8 Å². The number of nitrogens with two attached hydrogens (primary N) is 1. The van der Waals surface area contributed by atoms with Gasteiger partial charge in [-0.1, -0.05) is 18.2 Å². The minimum atomic E-state index is -0.547. The fourth-order valence-electron chi connectivity index (χ4n) is 2.13. The Bertz CT molecular complexity index is 714. The van der Waals surface area contributed by atoms with Crippen molar-refractivity contribution in [2.24, 2.45) is 5.73 Å². The summed E-state index contributed by atoms with van der Waals surface area (Å²) in [5, 5.41) is 2.84. The number of primary amides is 1. The van der Waals surface area contributed by atoms with E-state index in [1.807, 2.05) is 31.2 Å². The van der Waals surface area contributed by atoms with Crippen LogP contribution in [-0.4, -0.2) is 31.6 Å². The SMILES string of the molecule is Cc1ccccc1OCCCNC(=O)c1ccc(OCC(N)=O)cc1. The zero-order chi connectivity index (χ0) is 18.1. The number of amides is 2. The standard InChI is InChI=1S/C19H22N2O4/c1-14-5-2-3-6-17(14)24-12-4-11-21-19(23)15-7-9-16(10-8-15)25-13-18(20)22/h2-3,5-10H,4,11-13H2,1H3,(H2,20,22)(H,21,23). The first-order chi connectivity index (χ1) is 12.1. The average Bonchev–Trinajstić information content (AvgIpc) is 2.61. The Morgan fingerprint density at radius 2 is 1.76 bits per heavy atom. The summed E-state index contributed by atoms with van der Waals surface area (Å²) in [6, 6.07) is 14.3. The molecule has 0 saturated heterocycles. The zero-order valence-electron chi connectivity index (χ0n) is 14.2. The van der Waals surface area contributed by atoms with Crippen LogP contribution in [0.25, 0.3) is 0 Å². The molecule has 0 aliphatic rings. The fraction of sp³-hybridized carbons (Fsp3) is 0.263. The quantitative estimate of drug-likeness (QED) is 0.683. The van der Waals surface area contributed by atoms with E-state index in [2.05, 4.69) is 5.32 Å². The molecule has 0 saturated carbocycles. The van der Waals surface area contributed by atoms with Crippen LogP contribution in [0.3, 0.4) is 0 Å². The molecule has 0 atom stereocenters. The van der Waals surface area contributed by atoms with E-state index in [1.54, 1.807) is 24.3 Å². The van der Waals surface area contributed by atoms with Crippen LogP contribution in [0.4, 0.5) is 0 Å². The number of benzene rings is 2. The molecule has 0 radical (unpaired) electrons. The molecule has 2 aromatic rings. The van der Waals surface area contributed by atoms with Crippen molar-refractivity contribution < 1.29 is 19.1 Å². The Labute approximate surface area is 146 Å². The van der Waals surface area contributed by atoms with Crippen LogP contribution in [0.2, 0.25) is 0 Å². The Morgan fingerprint density at radius 1 is 1.04 bits per heavy atom. The molecule has 6 heteroatoms. The van der Waals surface area contributed by atoms with E-state index >= 15 is 0 Å². The average molecular weight is 342 g/mol. The number of aryl methyl sites for hydroxylation is 1. The van der Waals surface area contributed by atoms with Crippen molar-refractivity contribution in [1.82, 2.24) is 5.32 Å². The topological polar surface area (TPSA) is 90.7 Å². The predicted molar refractivity (Wildman–Crippen MR) is 94.8 cm³/mol. The van der Waals surface area contributed by atoms with Crippen LogP contribution in [0, 0.1) is 6.92 Å². The van der Waals surface area contributed by atoms with Crippen LogP contribution in [-0.2, 0) is 4.79 Å². The third-order valence-electron chi connectivity index (χ3n) is 3.46. The van der Waals surface area contributed by atoms with E-state index in [9.17, 15) is 9.59 Å². The lowest BCUT2D eigenvalue weighted by molar-refractivity contribution is -0.119. The Morgan fingerprint density at radius 3 is 2.44 bits per heavy atom. The largest absolute Gasteiger partial charge is 0.493 e. The molecular formula is C19H22N2O4. The molecular weight excluding hydrogens is 320 g/mol. The maximum Gasteiger partial charge on any atom is 0.255 e. The molecule has 3 N–H and O–H groups in total. The van der Waals surface area contributed by atoms with Crippen molar-refractivity contribution in [3.05, 3.63) is 59.7 Å². The summed E-state index contributed by atoms with van der Waals surface area (Å²) in [5.41, 5.74) is 6.61. The molecule has 2 aromatic carbocycles. The van der Waals surface area contributed by atoms with Crippen molar-refractivity contribution in [2.75, 3.05) is 19.8 Å². The Kier molecular flexibility index (Phi) is 6.83. The van der Waals surface area contributed by atoms with Crippen molar-refractivity contribution in [3.8, 4) is 11.5 Å². The van der Waals surface area contributed by atoms with Gasteiger partial charge in [0.2, 0.25) is 0 Å². The number of hydrogen-bond donors (Lipinski definition) is 2. The van der Waals surface area contributed by atoms with Gasteiger partial charge in [-0.2, -0.15) is 0 Å². The molecule has 0 spiro atoms. The maximum atomic E-state index is 12.0. The van der Waals surface area contributed by atoms with Gasteiger partial charge < -0.3 is 20.5 Å². The number of carbonyl (C=O) groups excluding carboxylic acids is 2. The molecule has 132 valence electrons. The van der Waals surface area contributed by atoms with Crippen molar-refractivity contribution in [2.45, 2.75) is 13.3 Å². The normalized spacial score (nSPS) is 10.1. The summed E-state index contributed by atoms with van der Waals surface area (Å²) in [4.78, 5) is 22.7. The van der Waals surface area contributed by atoms with E-state index in [4.69, 9.17) is 15.2 Å². The number of carbonyl (C=O) groups is 2. The fourth-order valence-corrected chi connectivity index (χ4v) is 2.13. The molecule has 0 aliphatic carbocycles. The summed E-state index contributed by atoms with van der Waals surface area (Å²) in [6.45, 7) is 2.86. The van der Waals surface area contributed by atoms with Gasteiger partial charge >= 0.3 is 0 Å². The van der Waals surface area contributed by atoms with Gasteiger partial charge in [0.25, 0.3) is 11.8 Å². The molecule has 6 nitrogen and oxygen atoms in total. The third-order valence-corrected chi connectivity index (χ3v) is 3.46. The Balaban J connectivity index is 1.69. The lowest BCUT2D eigenvalue weighted by Crippen LogP contribution is -2.25. The first kappa shape index (κ1) is 18.3. The molecule has 0 unspecified atom stereocenters. The summed E-state index contributed by atoms with van der Waals surface area (Å²) in [5.74, 6) is 0.634. The minimum absolute atomic E-state index is 0.169. The van der Waals surface area contributed by atoms with Gasteiger partial charge in [0, 0.05) is 12.1 Å². The number of ether oxygens (including phenoxy) is 2. The maximum absolute atomic E-state index is 12.0. The Hall–Kier alpha value is -3.02. The minimum Gasteiger partial charge on any atom is -0.493 e. The first-order valence-electron chi connectivity index (χ1n) is 8.04. The molecule has 0 heterocycles. The lowest BCUT2D eigenvalue weighted by atomic mass is 10.2. The van der Waals surface area contributed by atoms with Gasteiger partial charge in [0.1, 0.15) is 11.5 Å². The van der Waals surface area contributed by atoms with Crippen LogP contribution in [0.5, 0.6) is 11.5 Å². The highest BCUT2D eigenvalue weighted by atomic mass is 16.5. The van der Waals surface area contributed by atoms with Gasteiger partial charge in [-0.05, 0) is 49.2 Å². The van der Waals surface area contributed by atoms with Gasteiger partial charge in [0.05, 0.1) is 6.61 Å². The third kappa shape index (κ3) is 6.18. The molecule has 0 aliphatic heterocycles. The van der Waals surface area contributed by atoms with E-state index in [-0.39, 0.29) is 12.5 Å². The highest BCUT2D eigenvalue weighted by molar-refractivity contribution is 5.94. The number of hydrogen-bond acceptors (Lipinski definition) is 4. The van der Waals surface area contributed by atoms with Crippen LogP contribution in [0.15, 0.2) is 48.5 Å². The van der Waals surface area contributed by atoms with Gasteiger partial charge in [-0.15, -0.1) is 0 Å². The second-order valence-corrected chi connectivity index (χ2v) is 5.50. The smallest absolute Gasteiger partial charge is 0.255 e. The highest BCUT2D eigenvalue weighted by Crippen LogP contribution is 2.16. The first-order valence-corrected chi connectivity index (χ1v) is 8.04. The van der Waals surface area contributed by atoms with E-state index in [0.717, 1.165) is 11.3 Å². The second-order valence-electron chi connectivity index (χ2n) is 5.50. The monoisotopic (exact) mass is 342 g/mol. The predicted octanol–water partition coefficient (Wildman–Crippen LogP) is 2.06. The van der Waals surface area contributed by atoms with E-state index in [1.165, 1.54) is 0 Å². The molecule has 25 heavy (non-hydrogen) atoms. The second kappa shape index (κ2) is 9.32. The number of para-hydroxylation sites is 1. The molecule has 0 aromatic heterocycles. The van der Waals surface area contributed by atoms with E-state index < -0.39 is 5.91 Å². The summed E-state index contributed by atoms with van der Waals surface area (Å²) >= 11 is 0. The number of nitrogens with one attached hydrogen (secondary N) is 1. The van der Waals surface area contributed by atoms with Crippen molar-refractivity contribution in [3.63, 3.8) is 0 Å². The van der Waals surface area contributed by atoms with Gasteiger partial charge in [0.15, 0.2) is 6.61 Å². The summed E-state index contributed by atoms with van der Waals surface area (Å²) < 4.78 is 10.8. The van der Waals surface area contributed by atoms with Gasteiger partial charge in [-0.3, -0.25) is 9.59 Å². The van der Waals surface area contributed by atoms with E-state index in [0.29, 0.717) is 30.9 Å². The lowest BCUT2D eigenvalue weighted by Gasteiger charge is -2.09. The van der Waals surface area contributed by atoms with Gasteiger partial charge in [-0.25, -0.2) is 0 Å². The van der Waals surface area contributed by atoms with Crippen molar-refractivity contribution in [1.29, 1.82) is 0 Å². The summed E-state index contributed by atoms with van der Waals surface area (Å²) in [6.07, 6.45) is 0.708. The zero-order valence-corrected chi connectivity index (χ0v) is 14.2. The molecule has 0 bridgehead atoms. The molecule has 2 amide bonds. The molecule has 2 rings (SSSR count). The highest BCUT2D eigenvalue weighted by Gasteiger charge is 2.06. The van der Waals surface area contributed by atoms with Crippen LogP contribution in [0.1, 0.15) is 22.3 Å². The summed E-state index contributed by atoms with van der Waals surface area (Å²) in [7, 11) is 0.